The average Bonchev–Trinajstić information content (AvgIpc) is 2.96. The Morgan fingerprint density at radius 2 is 1.88 bits per heavy atom. The number of benzene rings is 2. The summed E-state index contributed by atoms with van der Waals surface area (Å²) in [6, 6.07) is 11.3. The van der Waals surface area contributed by atoms with Crippen LogP contribution in [0.1, 0.15) is 5.56 Å². The third-order valence-corrected chi connectivity index (χ3v) is 4.93. The molecule has 0 atom stereocenters. The number of nitro groups is 1. The van der Waals surface area contributed by atoms with E-state index in [1.165, 1.54) is 28.6 Å². The Kier molecular flexibility index (Phi) is 5.12. The molecule has 0 unspecified atom stereocenters. The molecule has 25 heavy (non-hydrogen) atoms. The highest BCUT2D eigenvalue weighted by Crippen LogP contribution is 2.31. The fourth-order valence-electron chi connectivity index (χ4n) is 2.09. The summed E-state index contributed by atoms with van der Waals surface area (Å²) in [7, 11) is 0. The molecule has 1 heterocycles. The quantitative estimate of drug-likeness (QED) is 0.301. The molecule has 128 valence electrons. The molecule has 0 bridgehead atoms. The van der Waals surface area contributed by atoms with E-state index in [4.69, 9.17) is 29.0 Å². The van der Waals surface area contributed by atoms with Gasteiger partial charge in [-0.05, 0) is 23.8 Å². The van der Waals surface area contributed by atoms with Gasteiger partial charge in [-0.15, -0.1) is 10.2 Å². The lowest BCUT2D eigenvalue weighted by atomic mass is 10.2. The molecule has 7 nitrogen and oxygen atoms in total. The number of hydrogen-bond donors (Lipinski definition) is 1. The van der Waals surface area contributed by atoms with E-state index < -0.39 is 4.92 Å². The lowest BCUT2D eigenvalue weighted by Gasteiger charge is -2.06. The van der Waals surface area contributed by atoms with Crippen LogP contribution in [0.2, 0.25) is 10.0 Å². The topological polar surface area (TPSA) is 99.9 Å². The van der Waals surface area contributed by atoms with Crippen molar-refractivity contribution in [1.29, 1.82) is 0 Å². The van der Waals surface area contributed by atoms with Crippen molar-refractivity contribution in [3.8, 4) is 11.4 Å². The molecule has 0 spiro atoms. The normalized spacial score (nSPS) is 10.8. The number of nitrogens with two attached hydrogens (primary N) is 1. The smallest absolute Gasteiger partial charge is 0.269 e. The number of thioether (sulfide) groups is 1. The molecule has 0 amide bonds. The first-order chi connectivity index (χ1) is 12.0. The van der Waals surface area contributed by atoms with Crippen LogP contribution in [0.4, 0.5) is 5.69 Å². The van der Waals surface area contributed by atoms with Crippen LogP contribution in [0, 0.1) is 10.1 Å². The first kappa shape index (κ1) is 17.5. The molecule has 0 aliphatic rings. The molecule has 10 heteroatoms. The van der Waals surface area contributed by atoms with Crippen molar-refractivity contribution < 1.29 is 4.92 Å². The minimum Gasteiger partial charge on any atom is -0.335 e. The summed E-state index contributed by atoms with van der Waals surface area (Å²) in [5.41, 5.74) is 1.54. The zero-order valence-electron chi connectivity index (χ0n) is 12.6. The van der Waals surface area contributed by atoms with Crippen molar-refractivity contribution >= 4 is 40.7 Å². The van der Waals surface area contributed by atoms with E-state index in [2.05, 4.69) is 10.2 Å². The minimum atomic E-state index is -0.436. The molecule has 0 saturated carbocycles. The molecule has 3 aromatic rings. The monoisotopic (exact) mass is 395 g/mol. The first-order valence-corrected chi connectivity index (χ1v) is 8.72. The lowest BCUT2D eigenvalue weighted by molar-refractivity contribution is -0.384. The molecule has 3 rings (SSSR count). The Balaban J connectivity index is 1.77. The summed E-state index contributed by atoms with van der Waals surface area (Å²) in [6.45, 7) is 0. The van der Waals surface area contributed by atoms with Gasteiger partial charge in [0.25, 0.3) is 5.69 Å². The van der Waals surface area contributed by atoms with Gasteiger partial charge >= 0.3 is 0 Å². The van der Waals surface area contributed by atoms with Crippen LogP contribution < -0.4 is 5.84 Å². The molecule has 0 radical (unpaired) electrons. The fraction of sp³-hybridized carbons (Fsp3) is 0.0667. The number of nitro benzene ring substituents is 1. The van der Waals surface area contributed by atoms with Gasteiger partial charge in [0.15, 0.2) is 5.82 Å². The second kappa shape index (κ2) is 7.30. The van der Waals surface area contributed by atoms with E-state index in [0.717, 1.165) is 5.56 Å². The van der Waals surface area contributed by atoms with E-state index >= 15 is 0 Å². The Bertz CT molecular complexity index is 930. The van der Waals surface area contributed by atoms with E-state index in [0.29, 0.717) is 32.3 Å². The fourth-order valence-corrected chi connectivity index (χ4v) is 3.28. The first-order valence-electron chi connectivity index (χ1n) is 6.98. The summed E-state index contributed by atoms with van der Waals surface area (Å²) in [6.07, 6.45) is 0. The number of nitrogens with zero attached hydrogens (tertiary/aromatic N) is 4. The molecule has 2 aromatic carbocycles. The van der Waals surface area contributed by atoms with Crippen molar-refractivity contribution in [3.05, 3.63) is 68.2 Å². The largest absolute Gasteiger partial charge is 0.335 e. The van der Waals surface area contributed by atoms with Crippen LogP contribution in [-0.2, 0) is 5.75 Å². The number of non-ortho nitro benzene ring substituents is 1. The number of halogens is 2. The maximum Gasteiger partial charge on any atom is 0.269 e. The molecule has 0 saturated heterocycles. The molecule has 0 fully saturated rings. The molecule has 0 aliphatic carbocycles. The Labute approximate surface area is 156 Å². The summed E-state index contributed by atoms with van der Waals surface area (Å²) >= 11 is 13.5. The summed E-state index contributed by atoms with van der Waals surface area (Å²) < 4.78 is 1.34. The zero-order chi connectivity index (χ0) is 18.0. The maximum absolute atomic E-state index is 10.7. The Morgan fingerprint density at radius 3 is 2.56 bits per heavy atom. The molecular weight excluding hydrogens is 385 g/mol. The van der Waals surface area contributed by atoms with Crippen LogP contribution in [-0.4, -0.2) is 19.8 Å². The second-order valence-corrected chi connectivity index (χ2v) is 6.80. The van der Waals surface area contributed by atoms with E-state index in [1.807, 2.05) is 0 Å². The predicted octanol–water partition coefficient (Wildman–Crippen LogP) is 4.17. The van der Waals surface area contributed by atoms with E-state index in [-0.39, 0.29) is 5.69 Å². The van der Waals surface area contributed by atoms with Crippen molar-refractivity contribution in [2.75, 3.05) is 5.84 Å². The van der Waals surface area contributed by atoms with Crippen LogP contribution in [0.5, 0.6) is 0 Å². The van der Waals surface area contributed by atoms with Gasteiger partial charge in [-0.1, -0.05) is 47.1 Å². The van der Waals surface area contributed by atoms with E-state index in [9.17, 15) is 10.1 Å². The molecular formula is C15H11Cl2N5O2S. The van der Waals surface area contributed by atoms with Crippen molar-refractivity contribution in [2.24, 2.45) is 0 Å². The van der Waals surface area contributed by atoms with Crippen LogP contribution in [0.3, 0.4) is 0 Å². The van der Waals surface area contributed by atoms with Gasteiger partial charge in [0.2, 0.25) is 5.16 Å². The van der Waals surface area contributed by atoms with Gasteiger partial charge in [0, 0.05) is 28.5 Å². The highest BCUT2D eigenvalue weighted by Gasteiger charge is 2.15. The van der Waals surface area contributed by atoms with Crippen LogP contribution in [0.15, 0.2) is 47.6 Å². The SMILES string of the molecule is Nn1c(SCc2ccc([N+](=O)[O-])cc2)nnc1-c1cc(Cl)ccc1Cl. The molecule has 0 aliphatic heterocycles. The number of rotatable bonds is 5. The molecule has 2 N–H and O–H groups in total. The average molecular weight is 396 g/mol. The summed E-state index contributed by atoms with van der Waals surface area (Å²) in [4.78, 5) is 10.2. The standard InChI is InChI=1S/C15H11Cl2N5O2S/c16-10-3-6-13(17)12(7-10)14-19-20-15(21(14)18)25-8-9-1-4-11(5-2-9)22(23)24/h1-7H,8,18H2. The van der Waals surface area contributed by atoms with Crippen molar-refractivity contribution in [1.82, 2.24) is 14.9 Å². The predicted molar refractivity (Wildman–Crippen MR) is 98.3 cm³/mol. The van der Waals surface area contributed by atoms with Gasteiger partial charge in [0.1, 0.15) is 0 Å². The van der Waals surface area contributed by atoms with Crippen molar-refractivity contribution in [2.45, 2.75) is 10.9 Å². The van der Waals surface area contributed by atoms with E-state index in [1.54, 1.807) is 30.3 Å². The lowest BCUT2D eigenvalue weighted by Crippen LogP contribution is -2.11. The third-order valence-electron chi connectivity index (χ3n) is 3.35. The molecule has 1 aromatic heterocycles. The van der Waals surface area contributed by atoms with Crippen molar-refractivity contribution in [3.63, 3.8) is 0 Å². The highest BCUT2D eigenvalue weighted by molar-refractivity contribution is 7.98. The summed E-state index contributed by atoms with van der Waals surface area (Å²) in [5.74, 6) is 7.00. The minimum absolute atomic E-state index is 0.0497. The Hall–Kier alpha value is -2.29. The Morgan fingerprint density at radius 1 is 1.16 bits per heavy atom. The van der Waals surface area contributed by atoms with Gasteiger partial charge in [-0.2, -0.15) is 0 Å². The second-order valence-electron chi connectivity index (χ2n) is 5.01. The number of aromatic nitrogens is 3. The van der Waals surface area contributed by atoms with Crippen LogP contribution >= 0.6 is 35.0 Å². The highest BCUT2D eigenvalue weighted by atomic mass is 35.5. The van der Waals surface area contributed by atoms with Gasteiger partial charge < -0.3 is 5.84 Å². The number of hydrogen-bond acceptors (Lipinski definition) is 6. The zero-order valence-corrected chi connectivity index (χ0v) is 14.9. The van der Waals surface area contributed by atoms with Gasteiger partial charge in [-0.3, -0.25) is 10.1 Å². The van der Waals surface area contributed by atoms with Gasteiger partial charge in [-0.25, -0.2) is 4.68 Å². The van der Waals surface area contributed by atoms with Gasteiger partial charge in [0.05, 0.1) is 9.95 Å². The summed E-state index contributed by atoms with van der Waals surface area (Å²) in [5, 5.41) is 20.3. The third kappa shape index (κ3) is 3.87. The van der Waals surface area contributed by atoms with Crippen LogP contribution in [0.25, 0.3) is 11.4 Å². The number of nitrogen functional groups attached to an aromatic ring is 1. The maximum atomic E-state index is 10.7.